The molecule has 0 saturated carbocycles. The van der Waals surface area contributed by atoms with Crippen molar-refractivity contribution in [2.24, 2.45) is 10.9 Å². The highest BCUT2D eigenvalue weighted by Crippen LogP contribution is 2.18. The molecular weight excluding hydrogens is 497 g/mol. The number of ether oxygens (including phenoxy) is 2. The van der Waals surface area contributed by atoms with Gasteiger partial charge in [0.2, 0.25) is 0 Å². The first-order valence-electron chi connectivity index (χ1n) is 11.1. The molecule has 0 aromatic heterocycles. The fraction of sp³-hybridized carbons (Fsp3) is 0.905. The van der Waals surface area contributed by atoms with Gasteiger partial charge in [-0.2, -0.15) is 0 Å². The fourth-order valence-electron chi connectivity index (χ4n) is 3.66. The molecule has 0 radical (unpaired) electrons. The molecule has 2 rings (SSSR count). The number of hydrogen-bond donors (Lipinski definition) is 2. The average Bonchev–Trinajstić information content (AvgIpc) is 2.69. The summed E-state index contributed by atoms with van der Waals surface area (Å²) in [5.74, 6) is 1.25. The number of amides is 1. The van der Waals surface area contributed by atoms with Crippen LogP contribution in [-0.2, 0) is 9.47 Å². The number of likely N-dealkylation sites (tertiary alicyclic amines) is 1. The van der Waals surface area contributed by atoms with Gasteiger partial charge in [0, 0.05) is 45.3 Å². The lowest BCUT2D eigenvalue weighted by atomic mass is 9.98. The number of carbonyl (C=O) groups is 1. The van der Waals surface area contributed by atoms with E-state index in [0.717, 1.165) is 77.8 Å². The lowest BCUT2D eigenvalue weighted by molar-refractivity contribution is 0.0168. The molecule has 30 heavy (non-hydrogen) atoms. The predicted molar refractivity (Wildman–Crippen MR) is 132 cm³/mol. The molecule has 2 fully saturated rings. The third kappa shape index (κ3) is 10.00. The molecule has 2 N–H and O–H groups in total. The van der Waals surface area contributed by atoms with Gasteiger partial charge in [0.25, 0.3) is 0 Å². The van der Waals surface area contributed by atoms with Gasteiger partial charge in [-0.05, 0) is 53.4 Å². The van der Waals surface area contributed by atoms with Gasteiger partial charge in [0.15, 0.2) is 5.96 Å². The first-order chi connectivity index (χ1) is 13.8. The molecule has 2 atom stereocenters. The van der Waals surface area contributed by atoms with Crippen LogP contribution in [0.3, 0.4) is 0 Å². The number of aliphatic imine (C=N–C) groups is 1. The summed E-state index contributed by atoms with van der Waals surface area (Å²) in [4.78, 5) is 21.4. The number of halogens is 1. The van der Waals surface area contributed by atoms with E-state index in [1.54, 1.807) is 0 Å². The van der Waals surface area contributed by atoms with Crippen LogP contribution in [0, 0.1) is 5.92 Å². The molecule has 8 nitrogen and oxygen atoms in total. The molecule has 2 aliphatic heterocycles. The van der Waals surface area contributed by atoms with Crippen LogP contribution in [0.4, 0.5) is 4.79 Å². The van der Waals surface area contributed by atoms with Crippen molar-refractivity contribution in [1.29, 1.82) is 0 Å². The molecule has 2 heterocycles. The number of nitrogens with zero attached hydrogens (tertiary/aromatic N) is 3. The predicted octanol–water partition coefficient (Wildman–Crippen LogP) is 2.53. The van der Waals surface area contributed by atoms with E-state index in [2.05, 4.69) is 29.4 Å². The first kappa shape index (κ1) is 27.2. The zero-order valence-corrected chi connectivity index (χ0v) is 21.7. The summed E-state index contributed by atoms with van der Waals surface area (Å²) in [6.07, 6.45) is 1.91. The molecule has 2 aliphatic rings. The van der Waals surface area contributed by atoms with Crippen molar-refractivity contribution in [2.75, 3.05) is 59.0 Å². The average molecular weight is 540 g/mol. The minimum absolute atomic E-state index is 0. The maximum atomic E-state index is 12.4. The van der Waals surface area contributed by atoms with E-state index in [4.69, 9.17) is 14.5 Å². The molecule has 0 aromatic carbocycles. The molecule has 0 aromatic rings. The number of nitrogens with one attached hydrogen (secondary N) is 2. The number of morpholine rings is 1. The molecule has 0 spiro atoms. The number of piperidine rings is 1. The highest BCUT2D eigenvalue weighted by molar-refractivity contribution is 14.0. The van der Waals surface area contributed by atoms with Gasteiger partial charge in [-0.25, -0.2) is 4.79 Å². The van der Waals surface area contributed by atoms with Crippen LogP contribution in [-0.4, -0.2) is 92.5 Å². The van der Waals surface area contributed by atoms with Crippen LogP contribution in [0.15, 0.2) is 4.99 Å². The Kier molecular flexibility index (Phi) is 12.3. The molecule has 1 amide bonds. The van der Waals surface area contributed by atoms with Gasteiger partial charge in [0.1, 0.15) is 5.60 Å². The number of hydrogen-bond acceptors (Lipinski definition) is 5. The van der Waals surface area contributed by atoms with E-state index in [0.29, 0.717) is 12.0 Å². The van der Waals surface area contributed by atoms with E-state index < -0.39 is 5.60 Å². The van der Waals surface area contributed by atoms with Gasteiger partial charge in [-0.3, -0.25) is 9.89 Å². The third-order valence-corrected chi connectivity index (χ3v) is 5.26. The van der Waals surface area contributed by atoms with Crippen LogP contribution in [0.25, 0.3) is 0 Å². The monoisotopic (exact) mass is 539 g/mol. The van der Waals surface area contributed by atoms with Gasteiger partial charge >= 0.3 is 6.09 Å². The second kappa shape index (κ2) is 13.6. The molecular formula is C21H42IN5O3. The van der Waals surface area contributed by atoms with E-state index in [1.165, 1.54) is 0 Å². The summed E-state index contributed by atoms with van der Waals surface area (Å²) >= 11 is 0. The smallest absolute Gasteiger partial charge is 0.410 e. The van der Waals surface area contributed by atoms with Gasteiger partial charge in [-0.1, -0.05) is 0 Å². The van der Waals surface area contributed by atoms with Crippen molar-refractivity contribution in [3.8, 4) is 0 Å². The highest BCUT2D eigenvalue weighted by atomic mass is 127. The van der Waals surface area contributed by atoms with Gasteiger partial charge in [0.05, 0.1) is 19.8 Å². The molecule has 0 aliphatic carbocycles. The van der Waals surface area contributed by atoms with E-state index in [9.17, 15) is 4.79 Å². The molecule has 9 heteroatoms. The summed E-state index contributed by atoms with van der Waals surface area (Å²) in [5, 5.41) is 6.81. The first-order valence-corrected chi connectivity index (χ1v) is 11.1. The number of guanidine groups is 1. The topological polar surface area (TPSA) is 78.4 Å². The Morgan fingerprint density at radius 2 is 1.93 bits per heavy atom. The van der Waals surface area contributed by atoms with Crippen LogP contribution >= 0.6 is 24.0 Å². The standard InChI is InChI=1S/C21H41N5O3.HI/c1-6-22-19(23-14-17(2)25-10-12-28-13-11-25)24-15-18-8-7-9-26(16-18)20(27)29-21(3,4)5;/h17-18H,6-16H2,1-5H3,(H2,22,23,24);1H. The number of rotatable bonds is 6. The van der Waals surface area contributed by atoms with Gasteiger partial charge in [-0.15, -0.1) is 24.0 Å². The summed E-state index contributed by atoms with van der Waals surface area (Å²) in [6.45, 7) is 17.5. The molecule has 0 bridgehead atoms. The quantitative estimate of drug-likeness (QED) is 0.307. The zero-order chi connectivity index (χ0) is 21.3. The third-order valence-electron chi connectivity index (χ3n) is 5.26. The van der Waals surface area contributed by atoms with Crippen molar-refractivity contribution in [2.45, 2.75) is 59.1 Å². The second-order valence-electron chi connectivity index (χ2n) is 9.03. The highest BCUT2D eigenvalue weighted by Gasteiger charge is 2.27. The van der Waals surface area contributed by atoms with Crippen LogP contribution in [0.5, 0.6) is 0 Å². The van der Waals surface area contributed by atoms with E-state index in [-0.39, 0.29) is 30.1 Å². The lowest BCUT2D eigenvalue weighted by Gasteiger charge is -2.34. The normalized spacial score (nSPS) is 22.1. The van der Waals surface area contributed by atoms with Crippen LogP contribution in [0.1, 0.15) is 47.5 Å². The van der Waals surface area contributed by atoms with Gasteiger partial charge < -0.3 is 25.0 Å². The van der Waals surface area contributed by atoms with Crippen molar-refractivity contribution in [3.05, 3.63) is 0 Å². The Bertz CT molecular complexity index is 535. The Morgan fingerprint density at radius 1 is 1.23 bits per heavy atom. The maximum absolute atomic E-state index is 12.4. The van der Waals surface area contributed by atoms with Crippen molar-refractivity contribution < 1.29 is 14.3 Å². The maximum Gasteiger partial charge on any atom is 0.410 e. The van der Waals surface area contributed by atoms with Crippen molar-refractivity contribution in [3.63, 3.8) is 0 Å². The summed E-state index contributed by atoms with van der Waals surface area (Å²) in [7, 11) is 0. The Balaban J connectivity index is 0.00000450. The molecule has 176 valence electrons. The zero-order valence-electron chi connectivity index (χ0n) is 19.4. The van der Waals surface area contributed by atoms with Crippen molar-refractivity contribution >= 4 is 36.0 Å². The minimum atomic E-state index is -0.454. The largest absolute Gasteiger partial charge is 0.444 e. The fourth-order valence-corrected chi connectivity index (χ4v) is 3.66. The summed E-state index contributed by atoms with van der Waals surface area (Å²) in [6, 6.07) is 0.395. The second-order valence-corrected chi connectivity index (χ2v) is 9.03. The molecule has 2 saturated heterocycles. The molecule has 2 unspecified atom stereocenters. The van der Waals surface area contributed by atoms with Crippen LogP contribution in [0.2, 0.25) is 0 Å². The minimum Gasteiger partial charge on any atom is -0.444 e. The Morgan fingerprint density at radius 3 is 2.57 bits per heavy atom. The Hall–Kier alpha value is -0.810. The van der Waals surface area contributed by atoms with E-state index in [1.807, 2.05) is 25.7 Å². The summed E-state index contributed by atoms with van der Waals surface area (Å²) < 4.78 is 11.0. The SMILES string of the molecule is CCNC(=NCC(C)N1CCOCC1)NCC1CCCN(C(=O)OC(C)(C)C)C1.I. The lowest BCUT2D eigenvalue weighted by Crippen LogP contribution is -2.47. The summed E-state index contributed by atoms with van der Waals surface area (Å²) in [5.41, 5.74) is -0.454. The number of carbonyl (C=O) groups excluding carboxylic acids is 1. The van der Waals surface area contributed by atoms with E-state index >= 15 is 0 Å². The Labute approximate surface area is 199 Å². The van der Waals surface area contributed by atoms with Crippen molar-refractivity contribution in [1.82, 2.24) is 20.4 Å². The van der Waals surface area contributed by atoms with Crippen LogP contribution < -0.4 is 10.6 Å².